The molecule has 1 saturated carbocycles. The monoisotopic (exact) mass is 228 g/mol. The van der Waals surface area contributed by atoms with Gasteiger partial charge in [0.2, 0.25) is 0 Å². The molecule has 1 unspecified atom stereocenters. The summed E-state index contributed by atoms with van der Waals surface area (Å²) >= 11 is 0. The van der Waals surface area contributed by atoms with Crippen LogP contribution in [0.3, 0.4) is 0 Å². The van der Waals surface area contributed by atoms with Gasteiger partial charge in [0, 0.05) is 23.6 Å². The zero-order chi connectivity index (χ0) is 11.9. The number of hydrogen-bond acceptors (Lipinski definition) is 1. The summed E-state index contributed by atoms with van der Waals surface area (Å²) in [7, 11) is 0. The van der Waals surface area contributed by atoms with Crippen LogP contribution in [-0.4, -0.2) is 11.5 Å². The largest absolute Gasteiger partial charge is 0.361 e. The Hall–Kier alpha value is -1.28. The number of fused-ring (bicyclic) bond motifs is 1. The SMILES string of the molecule is CC1(C)CC1CNCc1c[nH]c2ccccc12. The summed E-state index contributed by atoms with van der Waals surface area (Å²) in [5, 5.41) is 4.92. The van der Waals surface area contributed by atoms with Gasteiger partial charge in [0.1, 0.15) is 0 Å². The third-order valence-corrected chi connectivity index (χ3v) is 4.10. The van der Waals surface area contributed by atoms with E-state index in [0.717, 1.165) is 19.0 Å². The molecule has 0 spiro atoms. The number of aromatic amines is 1. The smallest absolute Gasteiger partial charge is 0.0457 e. The average molecular weight is 228 g/mol. The topological polar surface area (TPSA) is 27.8 Å². The Morgan fingerprint density at radius 2 is 2.12 bits per heavy atom. The predicted molar refractivity (Wildman–Crippen MR) is 71.9 cm³/mol. The molecule has 1 aromatic carbocycles. The summed E-state index contributed by atoms with van der Waals surface area (Å²) in [6, 6.07) is 8.49. The van der Waals surface area contributed by atoms with Crippen LogP contribution in [-0.2, 0) is 6.54 Å². The summed E-state index contributed by atoms with van der Waals surface area (Å²) in [6.45, 7) is 6.82. The molecule has 2 aromatic rings. The van der Waals surface area contributed by atoms with E-state index in [1.807, 2.05) is 0 Å². The van der Waals surface area contributed by atoms with E-state index in [1.54, 1.807) is 0 Å². The molecule has 90 valence electrons. The summed E-state index contributed by atoms with van der Waals surface area (Å²) in [5.74, 6) is 0.868. The molecule has 1 aromatic heterocycles. The fourth-order valence-electron chi connectivity index (χ4n) is 2.58. The second-order valence-electron chi connectivity index (χ2n) is 5.88. The van der Waals surface area contributed by atoms with E-state index < -0.39 is 0 Å². The van der Waals surface area contributed by atoms with Crippen molar-refractivity contribution in [3.8, 4) is 0 Å². The average Bonchev–Trinajstić information content (AvgIpc) is 2.74. The molecule has 1 aliphatic carbocycles. The van der Waals surface area contributed by atoms with Crippen molar-refractivity contribution in [3.63, 3.8) is 0 Å². The Bertz CT molecular complexity index is 524. The summed E-state index contributed by atoms with van der Waals surface area (Å²) in [6.07, 6.45) is 3.49. The first kappa shape index (κ1) is 10.8. The number of benzene rings is 1. The normalized spacial score (nSPS) is 21.9. The first-order chi connectivity index (χ1) is 8.17. The zero-order valence-corrected chi connectivity index (χ0v) is 10.6. The number of rotatable bonds is 4. The van der Waals surface area contributed by atoms with Gasteiger partial charge in [-0.15, -0.1) is 0 Å². The molecular weight excluding hydrogens is 208 g/mol. The first-order valence-electron chi connectivity index (χ1n) is 6.42. The highest BCUT2D eigenvalue weighted by Crippen LogP contribution is 2.50. The van der Waals surface area contributed by atoms with Crippen LogP contribution >= 0.6 is 0 Å². The molecule has 0 amide bonds. The molecule has 0 aliphatic heterocycles. The molecule has 3 rings (SSSR count). The Morgan fingerprint density at radius 1 is 1.35 bits per heavy atom. The molecule has 1 heterocycles. The van der Waals surface area contributed by atoms with Gasteiger partial charge < -0.3 is 10.3 Å². The van der Waals surface area contributed by atoms with Gasteiger partial charge in [-0.2, -0.15) is 0 Å². The molecule has 1 fully saturated rings. The minimum Gasteiger partial charge on any atom is -0.361 e. The van der Waals surface area contributed by atoms with E-state index >= 15 is 0 Å². The highest BCUT2D eigenvalue weighted by Gasteiger charge is 2.44. The van der Waals surface area contributed by atoms with Gasteiger partial charge in [-0.1, -0.05) is 32.0 Å². The van der Waals surface area contributed by atoms with Crippen molar-refractivity contribution < 1.29 is 0 Å². The maximum absolute atomic E-state index is 3.58. The third kappa shape index (κ3) is 2.09. The number of H-pyrrole nitrogens is 1. The minimum atomic E-state index is 0.577. The molecule has 2 heteroatoms. The lowest BCUT2D eigenvalue weighted by Gasteiger charge is -2.05. The molecular formula is C15H20N2. The van der Waals surface area contributed by atoms with E-state index in [2.05, 4.69) is 54.6 Å². The quantitative estimate of drug-likeness (QED) is 0.825. The van der Waals surface area contributed by atoms with E-state index in [0.29, 0.717) is 5.41 Å². The molecule has 1 aliphatic rings. The predicted octanol–water partition coefficient (Wildman–Crippen LogP) is 3.30. The van der Waals surface area contributed by atoms with Crippen LogP contribution < -0.4 is 5.32 Å². The van der Waals surface area contributed by atoms with Gasteiger partial charge >= 0.3 is 0 Å². The molecule has 0 radical (unpaired) electrons. The van der Waals surface area contributed by atoms with Gasteiger partial charge in [0.15, 0.2) is 0 Å². The van der Waals surface area contributed by atoms with Crippen LogP contribution in [0.25, 0.3) is 10.9 Å². The molecule has 2 nitrogen and oxygen atoms in total. The zero-order valence-electron chi connectivity index (χ0n) is 10.6. The van der Waals surface area contributed by atoms with Crippen molar-refractivity contribution in [2.75, 3.05) is 6.54 Å². The van der Waals surface area contributed by atoms with Gasteiger partial charge in [0.05, 0.1) is 0 Å². The van der Waals surface area contributed by atoms with Crippen LogP contribution in [0.5, 0.6) is 0 Å². The van der Waals surface area contributed by atoms with Gasteiger partial charge in [0.25, 0.3) is 0 Å². The van der Waals surface area contributed by atoms with Gasteiger partial charge in [-0.05, 0) is 35.9 Å². The van der Waals surface area contributed by atoms with Crippen LogP contribution in [0.15, 0.2) is 30.5 Å². The molecule has 0 saturated heterocycles. The minimum absolute atomic E-state index is 0.577. The van der Waals surface area contributed by atoms with Crippen LogP contribution in [0.1, 0.15) is 25.8 Å². The number of hydrogen-bond donors (Lipinski definition) is 2. The lowest BCUT2D eigenvalue weighted by Crippen LogP contribution is -2.17. The van der Waals surface area contributed by atoms with E-state index in [9.17, 15) is 0 Å². The number of nitrogens with one attached hydrogen (secondary N) is 2. The molecule has 17 heavy (non-hydrogen) atoms. The number of para-hydroxylation sites is 1. The van der Waals surface area contributed by atoms with Crippen molar-refractivity contribution in [2.45, 2.75) is 26.8 Å². The van der Waals surface area contributed by atoms with Gasteiger partial charge in [-0.3, -0.25) is 0 Å². The molecule has 1 atom stereocenters. The molecule has 2 N–H and O–H groups in total. The number of aromatic nitrogens is 1. The standard InChI is InChI=1S/C15H20N2/c1-15(2)7-12(15)10-16-8-11-9-17-14-6-4-3-5-13(11)14/h3-6,9,12,16-17H,7-8,10H2,1-2H3. The van der Waals surface area contributed by atoms with Gasteiger partial charge in [-0.25, -0.2) is 0 Å². The Kier molecular flexibility index (Phi) is 2.48. The van der Waals surface area contributed by atoms with Crippen molar-refractivity contribution in [1.29, 1.82) is 0 Å². The van der Waals surface area contributed by atoms with Crippen molar-refractivity contribution in [3.05, 3.63) is 36.0 Å². The fourth-order valence-corrected chi connectivity index (χ4v) is 2.58. The van der Waals surface area contributed by atoms with Crippen LogP contribution in [0.4, 0.5) is 0 Å². The van der Waals surface area contributed by atoms with Crippen molar-refractivity contribution in [2.24, 2.45) is 11.3 Å². The third-order valence-electron chi connectivity index (χ3n) is 4.10. The second kappa shape index (κ2) is 3.88. The van der Waals surface area contributed by atoms with E-state index in [4.69, 9.17) is 0 Å². The summed E-state index contributed by atoms with van der Waals surface area (Å²) in [4.78, 5) is 3.32. The maximum Gasteiger partial charge on any atom is 0.0457 e. The van der Waals surface area contributed by atoms with Crippen LogP contribution in [0.2, 0.25) is 0 Å². The Morgan fingerprint density at radius 3 is 2.88 bits per heavy atom. The lowest BCUT2D eigenvalue weighted by molar-refractivity contribution is 0.520. The van der Waals surface area contributed by atoms with Crippen molar-refractivity contribution in [1.82, 2.24) is 10.3 Å². The second-order valence-corrected chi connectivity index (χ2v) is 5.88. The van der Waals surface area contributed by atoms with Crippen LogP contribution in [0, 0.1) is 11.3 Å². The van der Waals surface area contributed by atoms with Crippen molar-refractivity contribution >= 4 is 10.9 Å². The summed E-state index contributed by atoms with van der Waals surface area (Å²) < 4.78 is 0. The first-order valence-corrected chi connectivity index (χ1v) is 6.42. The highest BCUT2D eigenvalue weighted by atomic mass is 14.9. The fraction of sp³-hybridized carbons (Fsp3) is 0.467. The Balaban J connectivity index is 1.62. The van der Waals surface area contributed by atoms with E-state index in [1.165, 1.54) is 22.9 Å². The van der Waals surface area contributed by atoms with E-state index in [-0.39, 0.29) is 0 Å². The maximum atomic E-state index is 3.58. The summed E-state index contributed by atoms with van der Waals surface area (Å²) in [5.41, 5.74) is 3.18. The Labute approximate surface area is 102 Å². The molecule has 0 bridgehead atoms. The lowest BCUT2D eigenvalue weighted by atomic mass is 10.1. The highest BCUT2D eigenvalue weighted by molar-refractivity contribution is 5.82.